The molecule has 0 unspecified atom stereocenters. The van der Waals surface area contributed by atoms with Crippen molar-refractivity contribution in [2.24, 2.45) is 0 Å². The number of benzene rings is 1. The predicted molar refractivity (Wildman–Crippen MR) is 73.7 cm³/mol. The van der Waals surface area contributed by atoms with Crippen LogP contribution in [0.2, 0.25) is 0 Å². The Morgan fingerprint density at radius 1 is 1.24 bits per heavy atom. The van der Waals surface area contributed by atoms with Gasteiger partial charge in [-0.3, -0.25) is 4.79 Å². The van der Waals surface area contributed by atoms with Crippen LogP contribution in [0.3, 0.4) is 0 Å². The first-order valence-corrected chi connectivity index (χ1v) is 6.18. The molecule has 0 radical (unpaired) electrons. The van der Waals surface area contributed by atoms with E-state index in [4.69, 9.17) is 0 Å². The molecule has 0 aliphatic carbocycles. The Morgan fingerprint density at radius 2 is 2.00 bits per heavy atom. The maximum absolute atomic E-state index is 13.0. The number of nitrogens with zero attached hydrogens (tertiary/aromatic N) is 1. The van der Waals surface area contributed by atoms with E-state index >= 15 is 0 Å². The molecule has 1 heterocycles. The van der Waals surface area contributed by atoms with E-state index in [1.54, 1.807) is 6.92 Å². The molecule has 2 aromatic rings. The van der Waals surface area contributed by atoms with E-state index in [1.165, 1.54) is 24.3 Å². The van der Waals surface area contributed by atoms with E-state index in [0.717, 1.165) is 6.07 Å². The number of alkyl halides is 3. The highest BCUT2D eigenvalue weighted by Crippen LogP contribution is 2.36. The summed E-state index contributed by atoms with van der Waals surface area (Å²) in [4.78, 5) is 10.9. The Balaban J connectivity index is 2.33. The third-order valence-electron chi connectivity index (χ3n) is 2.64. The van der Waals surface area contributed by atoms with Crippen LogP contribution in [-0.4, -0.2) is 16.7 Å². The lowest BCUT2D eigenvalue weighted by Gasteiger charge is -2.15. The van der Waals surface area contributed by atoms with Crippen LogP contribution in [0.1, 0.15) is 12.5 Å². The zero-order chi connectivity index (χ0) is 15.5. The highest BCUT2D eigenvalue weighted by molar-refractivity contribution is 5.64. The molecule has 21 heavy (non-hydrogen) atoms. The largest absolute Gasteiger partial charge is 0.418 e. The van der Waals surface area contributed by atoms with Crippen molar-refractivity contribution in [1.82, 2.24) is 10.2 Å². The van der Waals surface area contributed by atoms with Gasteiger partial charge in [-0.2, -0.15) is 18.3 Å². The van der Waals surface area contributed by atoms with Crippen molar-refractivity contribution in [3.63, 3.8) is 0 Å². The molecule has 2 rings (SSSR count). The zero-order valence-electron chi connectivity index (χ0n) is 11.1. The van der Waals surface area contributed by atoms with E-state index < -0.39 is 11.7 Å². The molecule has 8 heteroatoms. The second-order valence-electron chi connectivity index (χ2n) is 4.22. The van der Waals surface area contributed by atoms with Crippen LogP contribution >= 0.6 is 0 Å². The molecule has 0 atom stereocenters. The van der Waals surface area contributed by atoms with Gasteiger partial charge in [0.15, 0.2) is 5.82 Å². The Kier molecular flexibility index (Phi) is 4.15. The molecular weight excluding hydrogens is 285 g/mol. The van der Waals surface area contributed by atoms with E-state index in [2.05, 4.69) is 20.8 Å². The summed E-state index contributed by atoms with van der Waals surface area (Å²) in [5, 5.41) is 11.2. The van der Waals surface area contributed by atoms with Crippen molar-refractivity contribution < 1.29 is 13.2 Å². The van der Waals surface area contributed by atoms with Gasteiger partial charge in [0.25, 0.3) is 5.56 Å². The van der Waals surface area contributed by atoms with Crippen molar-refractivity contribution >= 4 is 17.2 Å². The number of hydrogen-bond acceptors (Lipinski definition) is 4. The normalized spacial score (nSPS) is 11.2. The van der Waals surface area contributed by atoms with Crippen LogP contribution in [0.5, 0.6) is 0 Å². The van der Waals surface area contributed by atoms with E-state index in [1.807, 2.05) is 0 Å². The SMILES string of the molecule is CCNc1ccc(Nc2ccc(=O)[nH]n2)cc1C(F)(F)F. The summed E-state index contributed by atoms with van der Waals surface area (Å²) in [7, 11) is 0. The maximum Gasteiger partial charge on any atom is 0.418 e. The van der Waals surface area contributed by atoms with Gasteiger partial charge in [-0.05, 0) is 31.2 Å². The van der Waals surface area contributed by atoms with Crippen LogP contribution in [-0.2, 0) is 6.18 Å². The fourth-order valence-corrected chi connectivity index (χ4v) is 1.76. The second kappa shape index (κ2) is 5.86. The van der Waals surface area contributed by atoms with Crippen LogP contribution in [0.4, 0.5) is 30.4 Å². The average Bonchev–Trinajstić information content (AvgIpc) is 2.42. The van der Waals surface area contributed by atoms with Crippen LogP contribution in [0.25, 0.3) is 0 Å². The lowest BCUT2D eigenvalue weighted by Crippen LogP contribution is -2.11. The van der Waals surface area contributed by atoms with Crippen molar-refractivity contribution in [3.8, 4) is 0 Å². The minimum absolute atomic E-state index is 0.0185. The lowest BCUT2D eigenvalue weighted by atomic mass is 10.1. The van der Waals surface area contributed by atoms with Crippen LogP contribution < -0.4 is 16.2 Å². The number of aromatic nitrogens is 2. The molecule has 0 fully saturated rings. The van der Waals surface area contributed by atoms with Gasteiger partial charge in [-0.1, -0.05) is 0 Å². The Labute approximate surface area is 118 Å². The summed E-state index contributed by atoms with van der Waals surface area (Å²) in [5.74, 6) is 0.249. The van der Waals surface area contributed by atoms with Gasteiger partial charge in [0.05, 0.1) is 5.56 Å². The molecule has 0 saturated carbocycles. The van der Waals surface area contributed by atoms with Crippen LogP contribution in [0, 0.1) is 0 Å². The molecule has 0 aliphatic rings. The molecule has 112 valence electrons. The minimum atomic E-state index is -4.46. The van der Waals surface area contributed by atoms with E-state index in [-0.39, 0.29) is 22.8 Å². The summed E-state index contributed by atoms with van der Waals surface area (Å²) in [6, 6.07) is 6.45. The van der Waals surface area contributed by atoms with E-state index in [9.17, 15) is 18.0 Å². The van der Waals surface area contributed by atoms with Crippen molar-refractivity contribution in [2.45, 2.75) is 13.1 Å². The van der Waals surface area contributed by atoms with Crippen molar-refractivity contribution in [2.75, 3.05) is 17.2 Å². The van der Waals surface area contributed by atoms with Gasteiger partial charge in [-0.15, -0.1) is 0 Å². The van der Waals surface area contributed by atoms with Gasteiger partial charge in [0.2, 0.25) is 0 Å². The van der Waals surface area contributed by atoms with E-state index in [0.29, 0.717) is 6.54 Å². The molecule has 1 aromatic carbocycles. The monoisotopic (exact) mass is 298 g/mol. The molecule has 0 bridgehead atoms. The smallest absolute Gasteiger partial charge is 0.385 e. The molecular formula is C13H13F3N4O. The first-order chi connectivity index (χ1) is 9.90. The minimum Gasteiger partial charge on any atom is -0.385 e. The van der Waals surface area contributed by atoms with Gasteiger partial charge in [0.1, 0.15) is 0 Å². The van der Waals surface area contributed by atoms with Gasteiger partial charge < -0.3 is 10.6 Å². The fraction of sp³-hybridized carbons (Fsp3) is 0.231. The summed E-state index contributed by atoms with van der Waals surface area (Å²) in [5.41, 5.74) is -0.911. The standard InChI is InChI=1S/C13H13F3N4O/c1-2-17-10-4-3-8(7-9(10)13(14,15)16)18-11-5-6-12(21)20-19-11/h3-7,17H,2H2,1H3,(H,18,19)(H,20,21). The third kappa shape index (κ3) is 3.74. The number of halogens is 3. The Morgan fingerprint density at radius 3 is 2.57 bits per heavy atom. The second-order valence-corrected chi connectivity index (χ2v) is 4.22. The number of aromatic amines is 1. The summed E-state index contributed by atoms with van der Waals surface area (Å²) < 4.78 is 39.0. The van der Waals surface area contributed by atoms with Crippen molar-refractivity contribution in [1.29, 1.82) is 0 Å². The first kappa shape index (κ1) is 14.9. The summed E-state index contributed by atoms with van der Waals surface area (Å²) in [6.45, 7) is 2.11. The summed E-state index contributed by atoms with van der Waals surface area (Å²) >= 11 is 0. The number of anilines is 3. The number of H-pyrrole nitrogens is 1. The van der Waals surface area contributed by atoms with Crippen LogP contribution in [0.15, 0.2) is 35.1 Å². The quantitative estimate of drug-likeness (QED) is 0.811. The highest BCUT2D eigenvalue weighted by Gasteiger charge is 2.33. The predicted octanol–water partition coefficient (Wildman–Crippen LogP) is 2.96. The molecule has 0 spiro atoms. The Bertz CT molecular complexity index is 661. The molecule has 0 aliphatic heterocycles. The number of hydrogen-bond donors (Lipinski definition) is 3. The Hall–Kier alpha value is -2.51. The van der Waals surface area contributed by atoms with Gasteiger partial charge >= 0.3 is 6.18 Å². The first-order valence-electron chi connectivity index (χ1n) is 6.18. The summed E-state index contributed by atoms with van der Waals surface area (Å²) in [6.07, 6.45) is -4.46. The maximum atomic E-state index is 13.0. The molecule has 1 aromatic heterocycles. The average molecular weight is 298 g/mol. The number of rotatable bonds is 4. The molecule has 5 nitrogen and oxygen atoms in total. The fourth-order valence-electron chi connectivity index (χ4n) is 1.76. The van der Waals surface area contributed by atoms with Gasteiger partial charge in [0, 0.05) is 24.0 Å². The highest BCUT2D eigenvalue weighted by atomic mass is 19.4. The third-order valence-corrected chi connectivity index (χ3v) is 2.64. The number of nitrogens with one attached hydrogen (secondary N) is 3. The van der Waals surface area contributed by atoms with Crippen molar-refractivity contribution in [3.05, 3.63) is 46.2 Å². The molecule has 0 amide bonds. The topological polar surface area (TPSA) is 69.8 Å². The molecule has 0 saturated heterocycles. The lowest BCUT2D eigenvalue weighted by molar-refractivity contribution is -0.136. The zero-order valence-corrected chi connectivity index (χ0v) is 11.1. The molecule has 3 N–H and O–H groups in total. The van der Waals surface area contributed by atoms with Gasteiger partial charge in [-0.25, -0.2) is 5.10 Å².